The number of piperazine rings is 1. The SMILES string of the molecule is CN1N=C([C@H](c2ccccc2)N2CCN(C(=O)c3cc(-c4nc5cc(NC(=O)C6(F)CC6)ccc5o4)ccn3)CC2)NN1. The molecule has 2 aromatic carbocycles. The van der Waals surface area contributed by atoms with Crippen LogP contribution in [0, 0.1) is 0 Å². The first kappa shape index (κ1) is 27.0. The number of amides is 2. The minimum atomic E-state index is -1.77. The van der Waals surface area contributed by atoms with E-state index in [1.165, 1.54) is 0 Å². The molecule has 2 amide bonds. The molecule has 1 aliphatic carbocycles. The van der Waals surface area contributed by atoms with Crippen LogP contribution in [0.5, 0.6) is 0 Å². The largest absolute Gasteiger partial charge is 0.436 e. The van der Waals surface area contributed by atoms with Gasteiger partial charge in [-0.15, -0.1) is 10.6 Å². The van der Waals surface area contributed by atoms with Crippen molar-refractivity contribution in [3.63, 3.8) is 0 Å². The summed E-state index contributed by atoms with van der Waals surface area (Å²) in [7, 11) is 1.83. The number of carbonyl (C=O) groups is 2. The number of fused-ring (bicyclic) bond motifs is 1. The monoisotopic (exact) mass is 583 g/mol. The first-order valence-electron chi connectivity index (χ1n) is 14.2. The Bertz CT molecular complexity index is 1710. The molecule has 220 valence electrons. The molecule has 2 aromatic heterocycles. The summed E-state index contributed by atoms with van der Waals surface area (Å²) in [4.78, 5) is 38.6. The number of oxazole rings is 1. The summed E-state index contributed by atoms with van der Waals surface area (Å²) in [5.74, 6) is 0.303. The van der Waals surface area contributed by atoms with E-state index in [0.29, 0.717) is 60.1 Å². The van der Waals surface area contributed by atoms with E-state index in [1.807, 2.05) is 25.2 Å². The normalized spacial score (nSPS) is 18.7. The van der Waals surface area contributed by atoms with E-state index in [-0.39, 0.29) is 24.8 Å². The van der Waals surface area contributed by atoms with Crippen molar-refractivity contribution >= 4 is 34.4 Å². The minimum Gasteiger partial charge on any atom is -0.436 e. The number of hydrazine groups is 2. The minimum absolute atomic E-state index is 0.0860. The number of nitrogens with zero attached hydrogens (tertiary/aromatic N) is 6. The highest BCUT2D eigenvalue weighted by Gasteiger charge is 2.50. The Kier molecular flexibility index (Phi) is 6.75. The van der Waals surface area contributed by atoms with Gasteiger partial charge in [0.2, 0.25) is 5.89 Å². The number of hydrogen-bond acceptors (Lipinski definition) is 10. The molecule has 3 N–H and O–H groups in total. The number of hydrazone groups is 1. The van der Waals surface area contributed by atoms with E-state index in [4.69, 9.17) is 4.42 Å². The number of rotatable bonds is 7. The Morgan fingerprint density at radius 1 is 1.05 bits per heavy atom. The summed E-state index contributed by atoms with van der Waals surface area (Å²) in [6.07, 6.45) is 2.05. The van der Waals surface area contributed by atoms with E-state index in [9.17, 15) is 14.0 Å². The summed E-state index contributed by atoms with van der Waals surface area (Å²) in [5.41, 5.74) is 7.85. The molecule has 2 aliphatic heterocycles. The number of amidine groups is 1. The number of halogens is 1. The number of pyridine rings is 1. The Morgan fingerprint density at radius 3 is 2.56 bits per heavy atom. The summed E-state index contributed by atoms with van der Waals surface area (Å²) in [6.45, 7) is 2.37. The predicted octanol–water partition coefficient (Wildman–Crippen LogP) is 3.10. The number of nitrogens with one attached hydrogen (secondary N) is 3. The summed E-state index contributed by atoms with van der Waals surface area (Å²) >= 11 is 0. The molecule has 0 radical (unpaired) electrons. The molecule has 43 heavy (non-hydrogen) atoms. The van der Waals surface area contributed by atoms with E-state index in [1.54, 1.807) is 46.5 Å². The zero-order valence-corrected chi connectivity index (χ0v) is 23.5. The van der Waals surface area contributed by atoms with Crippen LogP contribution in [0.25, 0.3) is 22.6 Å². The van der Waals surface area contributed by atoms with Crippen LogP contribution in [0.2, 0.25) is 0 Å². The topological polar surface area (TPSA) is 131 Å². The molecule has 0 spiro atoms. The second kappa shape index (κ2) is 10.7. The van der Waals surface area contributed by atoms with Crippen LogP contribution in [0.1, 0.15) is 34.9 Å². The van der Waals surface area contributed by atoms with E-state index in [0.717, 1.165) is 11.4 Å². The van der Waals surface area contributed by atoms with Crippen LogP contribution >= 0.6 is 0 Å². The smallest absolute Gasteiger partial charge is 0.272 e. The van der Waals surface area contributed by atoms with Crippen LogP contribution < -0.4 is 16.3 Å². The van der Waals surface area contributed by atoms with Crippen molar-refractivity contribution in [3.8, 4) is 11.5 Å². The molecular formula is C30H30FN9O3. The second-order valence-electron chi connectivity index (χ2n) is 10.9. The Morgan fingerprint density at radius 2 is 1.84 bits per heavy atom. The molecular weight excluding hydrogens is 553 g/mol. The maximum absolute atomic E-state index is 14.1. The number of aromatic nitrogens is 2. The first-order valence-corrected chi connectivity index (χ1v) is 14.2. The number of hydrogen-bond donors (Lipinski definition) is 3. The quantitative estimate of drug-likeness (QED) is 0.300. The highest BCUT2D eigenvalue weighted by Crippen LogP contribution is 2.40. The zero-order valence-electron chi connectivity index (χ0n) is 23.5. The van der Waals surface area contributed by atoms with Crippen molar-refractivity contribution in [2.24, 2.45) is 5.10 Å². The van der Waals surface area contributed by atoms with Crippen LogP contribution in [-0.2, 0) is 4.79 Å². The highest BCUT2D eigenvalue weighted by molar-refractivity contribution is 6.00. The van der Waals surface area contributed by atoms with Gasteiger partial charge in [0.25, 0.3) is 11.8 Å². The lowest BCUT2D eigenvalue weighted by atomic mass is 10.0. The van der Waals surface area contributed by atoms with Crippen LogP contribution in [0.4, 0.5) is 10.1 Å². The third-order valence-corrected chi connectivity index (χ3v) is 7.91. The van der Waals surface area contributed by atoms with Crippen molar-refractivity contribution in [2.45, 2.75) is 24.6 Å². The first-order chi connectivity index (χ1) is 20.9. The average molecular weight is 584 g/mol. The molecule has 13 heteroatoms. The van der Waals surface area contributed by atoms with Gasteiger partial charge in [0.05, 0.1) is 6.04 Å². The Labute approximate surface area is 246 Å². The highest BCUT2D eigenvalue weighted by atomic mass is 19.1. The van der Waals surface area contributed by atoms with Gasteiger partial charge in [0.15, 0.2) is 17.1 Å². The molecule has 4 heterocycles. The lowest BCUT2D eigenvalue weighted by Crippen LogP contribution is -2.52. The van der Waals surface area contributed by atoms with Crippen LogP contribution in [-0.4, -0.2) is 81.4 Å². The van der Waals surface area contributed by atoms with Crippen molar-refractivity contribution in [1.29, 1.82) is 0 Å². The molecule has 1 atom stereocenters. The van der Waals surface area contributed by atoms with Gasteiger partial charge in [-0.1, -0.05) is 30.3 Å². The average Bonchev–Trinajstić information content (AvgIpc) is 3.43. The van der Waals surface area contributed by atoms with E-state index < -0.39 is 11.6 Å². The Hall–Kier alpha value is -4.88. The van der Waals surface area contributed by atoms with Gasteiger partial charge in [-0.25, -0.2) is 14.5 Å². The number of anilines is 1. The van der Waals surface area contributed by atoms with Gasteiger partial charge in [-0.05, 0) is 48.7 Å². The third kappa shape index (κ3) is 5.40. The van der Waals surface area contributed by atoms with E-state index in [2.05, 4.69) is 48.4 Å². The number of carbonyl (C=O) groups excluding carboxylic acids is 2. The van der Waals surface area contributed by atoms with Gasteiger partial charge >= 0.3 is 0 Å². The lowest BCUT2D eigenvalue weighted by molar-refractivity contribution is -0.122. The van der Waals surface area contributed by atoms with Crippen LogP contribution in [0.15, 0.2) is 76.4 Å². The van der Waals surface area contributed by atoms with Gasteiger partial charge in [-0.3, -0.25) is 24.9 Å². The number of benzene rings is 2. The molecule has 1 saturated heterocycles. The van der Waals surface area contributed by atoms with Crippen LogP contribution in [0.3, 0.4) is 0 Å². The predicted molar refractivity (Wildman–Crippen MR) is 157 cm³/mol. The van der Waals surface area contributed by atoms with Crippen molar-refractivity contribution < 1.29 is 18.4 Å². The van der Waals surface area contributed by atoms with Crippen molar-refractivity contribution in [2.75, 3.05) is 38.5 Å². The van der Waals surface area contributed by atoms with Gasteiger partial charge in [-0.2, -0.15) is 0 Å². The second-order valence-corrected chi connectivity index (χ2v) is 10.9. The fraction of sp³-hybridized carbons (Fsp3) is 0.300. The van der Waals surface area contributed by atoms with Crippen molar-refractivity contribution in [3.05, 3.63) is 78.1 Å². The molecule has 12 nitrogen and oxygen atoms in total. The van der Waals surface area contributed by atoms with Gasteiger partial charge < -0.3 is 14.6 Å². The summed E-state index contributed by atoms with van der Waals surface area (Å²) in [6, 6.07) is 18.5. The number of alkyl halides is 1. The molecule has 2 fully saturated rings. The fourth-order valence-electron chi connectivity index (χ4n) is 5.38. The lowest BCUT2D eigenvalue weighted by Gasteiger charge is -2.39. The maximum Gasteiger partial charge on any atom is 0.272 e. The molecule has 0 bridgehead atoms. The molecule has 7 rings (SSSR count). The van der Waals surface area contributed by atoms with Gasteiger partial charge in [0.1, 0.15) is 11.2 Å². The standard InChI is InChI=1S/C30H30FN9O3/c1-38-36-26(35-37-38)25(19-5-3-2-4-6-19)39-13-15-40(16-14-39)28(41)23-17-20(9-12-32-23)27-34-22-18-21(7-8-24(22)43-27)33-29(42)30(31)10-11-30/h2-9,12,17-18,25,37H,10-11,13-16H2,1H3,(H,33,42)(H,35,36)/t25-/m0/s1. The molecule has 3 aliphatic rings. The third-order valence-electron chi connectivity index (χ3n) is 7.91. The molecule has 0 unspecified atom stereocenters. The summed E-state index contributed by atoms with van der Waals surface area (Å²) in [5, 5.41) is 8.81. The molecule has 1 saturated carbocycles. The fourth-order valence-corrected chi connectivity index (χ4v) is 5.38. The molecule has 4 aromatic rings. The zero-order chi connectivity index (χ0) is 29.6. The summed E-state index contributed by atoms with van der Waals surface area (Å²) < 4.78 is 20.0. The Balaban J connectivity index is 1.04. The maximum atomic E-state index is 14.1. The van der Waals surface area contributed by atoms with E-state index >= 15 is 0 Å². The van der Waals surface area contributed by atoms with Crippen molar-refractivity contribution in [1.82, 2.24) is 35.8 Å². The van der Waals surface area contributed by atoms with Gasteiger partial charge in [0, 0.05) is 50.7 Å².